The van der Waals surface area contributed by atoms with Crippen molar-refractivity contribution in [1.82, 2.24) is 9.38 Å². The number of carbonyl (C=O) groups is 1. The molecule has 3 aromatic heterocycles. The van der Waals surface area contributed by atoms with Gasteiger partial charge in [0.25, 0.3) is 0 Å². The maximum absolute atomic E-state index is 13.1. The number of hydrogen-bond donors (Lipinski definition) is 2. The molecular formula is C27H23N3O5. The van der Waals surface area contributed by atoms with Gasteiger partial charge in [-0.3, -0.25) is 4.79 Å². The van der Waals surface area contributed by atoms with Gasteiger partial charge < -0.3 is 24.0 Å². The number of anilines is 1. The Kier molecular flexibility index (Phi) is 5.49. The zero-order valence-electron chi connectivity index (χ0n) is 19.4. The van der Waals surface area contributed by atoms with Gasteiger partial charge in [0, 0.05) is 23.5 Å². The summed E-state index contributed by atoms with van der Waals surface area (Å²) in [6, 6.07) is 15.2. The van der Waals surface area contributed by atoms with Crippen LogP contribution >= 0.6 is 0 Å². The molecule has 0 bridgehead atoms. The normalized spacial score (nSPS) is 12.1. The van der Waals surface area contributed by atoms with E-state index in [-0.39, 0.29) is 17.0 Å². The fraction of sp³-hybridized carbons (Fsp3) is 0.148. The monoisotopic (exact) mass is 469 g/mol. The fourth-order valence-corrected chi connectivity index (χ4v) is 4.20. The Bertz CT molecular complexity index is 1650. The highest BCUT2D eigenvalue weighted by molar-refractivity contribution is 5.94. The van der Waals surface area contributed by atoms with Gasteiger partial charge in [-0.1, -0.05) is 18.2 Å². The Labute approximate surface area is 200 Å². The lowest BCUT2D eigenvalue weighted by Gasteiger charge is -2.19. The van der Waals surface area contributed by atoms with Crippen molar-refractivity contribution in [1.29, 1.82) is 0 Å². The van der Waals surface area contributed by atoms with E-state index < -0.39 is 5.97 Å². The SMILES string of the molecule is COc1ccc2nc(-c3cc(=O)c4cc(C)cc(C(C)Nc5ccccc5C(=O)O)c4o3)cn2c1. The highest BCUT2D eigenvalue weighted by atomic mass is 16.5. The van der Waals surface area contributed by atoms with Crippen LogP contribution in [0.2, 0.25) is 0 Å². The molecule has 0 amide bonds. The van der Waals surface area contributed by atoms with Gasteiger partial charge >= 0.3 is 5.97 Å². The third-order valence-electron chi connectivity index (χ3n) is 5.91. The summed E-state index contributed by atoms with van der Waals surface area (Å²) in [5, 5.41) is 13.3. The van der Waals surface area contributed by atoms with Crippen LogP contribution in [0, 0.1) is 6.92 Å². The standard InChI is InChI=1S/C27H23N3O5/c1-15-10-19(16(2)28-21-7-5-4-6-18(21)27(32)33)26-20(11-15)23(31)12-24(35-26)22-14-30-13-17(34-3)8-9-25(30)29-22/h4-14,16,28H,1-3H3,(H,32,33). The van der Waals surface area contributed by atoms with Crippen molar-refractivity contribution in [3.63, 3.8) is 0 Å². The maximum atomic E-state index is 13.1. The van der Waals surface area contributed by atoms with E-state index in [1.165, 1.54) is 6.07 Å². The molecule has 5 rings (SSSR count). The number of benzene rings is 2. The summed E-state index contributed by atoms with van der Waals surface area (Å²) in [6.45, 7) is 3.81. The molecular weight excluding hydrogens is 446 g/mol. The van der Waals surface area contributed by atoms with E-state index in [0.29, 0.717) is 39.5 Å². The predicted molar refractivity (Wildman–Crippen MR) is 133 cm³/mol. The van der Waals surface area contributed by atoms with Crippen molar-refractivity contribution in [2.75, 3.05) is 12.4 Å². The summed E-state index contributed by atoms with van der Waals surface area (Å²) < 4.78 is 13.4. The average Bonchev–Trinajstić information content (AvgIpc) is 3.27. The maximum Gasteiger partial charge on any atom is 0.337 e. The van der Waals surface area contributed by atoms with E-state index >= 15 is 0 Å². The Hall–Kier alpha value is -4.59. The molecule has 0 aliphatic carbocycles. The first-order valence-corrected chi connectivity index (χ1v) is 11.0. The molecule has 0 radical (unpaired) electrons. The van der Waals surface area contributed by atoms with Gasteiger partial charge in [-0.15, -0.1) is 0 Å². The molecule has 0 fully saturated rings. The minimum absolute atomic E-state index is 0.165. The lowest BCUT2D eigenvalue weighted by molar-refractivity contribution is 0.0698. The lowest BCUT2D eigenvalue weighted by atomic mass is 10.0. The summed E-state index contributed by atoms with van der Waals surface area (Å²) in [4.78, 5) is 29.3. The molecule has 2 N–H and O–H groups in total. The summed E-state index contributed by atoms with van der Waals surface area (Å²) >= 11 is 0. The number of rotatable bonds is 6. The van der Waals surface area contributed by atoms with Crippen molar-refractivity contribution in [2.45, 2.75) is 19.9 Å². The molecule has 2 aromatic carbocycles. The molecule has 0 saturated heterocycles. The van der Waals surface area contributed by atoms with Crippen molar-refractivity contribution < 1.29 is 19.1 Å². The average molecular weight is 469 g/mol. The van der Waals surface area contributed by atoms with Crippen molar-refractivity contribution >= 4 is 28.3 Å². The zero-order valence-corrected chi connectivity index (χ0v) is 19.4. The summed E-state index contributed by atoms with van der Waals surface area (Å²) in [6.07, 6.45) is 3.58. The lowest BCUT2D eigenvalue weighted by Crippen LogP contribution is -2.12. The zero-order chi connectivity index (χ0) is 24.7. The van der Waals surface area contributed by atoms with Crippen LogP contribution in [-0.4, -0.2) is 27.6 Å². The Morgan fingerprint density at radius 2 is 1.94 bits per heavy atom. The molecule has 0 aliphatic heterocycles. The molecule has 0 spiro atoms. The third-order valence-corrected chi connectivity index (χ3v) is 5.91. The van der Waals surface area contributed by atoms with Crippen molar-refractivity contribution in [3.8, 4) is 17.2 Å². The van der Waals surface area contributed by atoms with Crippen LogP contribution < -0.4 is 15.5 Å². The molecule has 35 heavy (non-hydrogen) atoms. The van der Waals surface area contributed by atoms with Crippen LogP contribution in [0.4, 0.5) is 5.69 Å². The predicted octanol–water partition coefficient (Wildman–Crippen LogP) is 5.30. The Balaban J connectivity index is 1.63. The van der Waals surface area contributed by atoms with Gasteiger partial charge in [0.2, 0.25) is 0 Å². The van der Waals surface area contributed by atoms with Gasteiger partial charge in [0.05, 0.1) is 30.3 Å². The first-order valence-electron chi connectivity index (χ1n) is 11.0. The molecule has 8 nitrogen and oxygen atoms in total. The smallest absolute Gasteiger partial charge is 0.337 e. The number of imidazole rings is 1. The topological polar surface area (TPSA) is 106 Å². The molecule has 1 atom stereocenters. The minimum atomic E-state index is -1.02. The van der Waals surface area contributed by atoms with Gasteiger partial charge in [-0.25, -0.2) is 9.78 Å². The number of aromatic carboxylic acids is 1. The number of carboxylic acids is 1. The largest absolute Gasteiger partial charge is 0.495 e. The second-order valence-electron chi connectivity index (χ2n) is 8.38. The second-order valence-corrected chi connectivity index (χ2v) is 8.38. The number of carboxylic acid groups (broad SMARTS) is 1. The number of nitrogens with zero attached hydrogens (tertiary/aromatic N) is 2. The van der Waals surface area contributed by atoms with E-state index in [1.54, 1.807) is 54.2 Å². The highest BCUT2D eigenvalue weighted by Crippen LogP contribution is 2.31. The number of aryl methyl sites for hydroxylation is 1. The summed E-state index contributed by atoms with van der Waals surface area (Å²) in [5.74, 6) is 0.000759. The number of fused-ring (bicyclic) bond motifs is 2. The number of aromatic nitrogens is 2. The molecule has 5 aromatic rings. The van der Waals surface area contributed by atoms with Gasteiger partial charge in [-0.05, 0) is 49.7 Å². The third kappa shape index (κ3) is 4.10. The van der Waals surface area contributed by atoms with E-state index in [0.717, 1.165) is 11.1 Å². The van der Waals surface area contributed by atoms with E-state index in [1.807, 2.05) is 32.0 Å². The van der Waals surface area contributed by atoms with Crippen LogP contribution in [-0.2, 0) is 0 Å². The number of ether oxygens (including phenoxy) is 1. The molecule has 176 valence electrons. The Morgan fingerprint density at radius 1 is 1.14 bits per heavy atom. The number of nitrogens with one attached hydrogen (secondary N) is 1. The van der Waals surface area contributed by atoms with Gasteiger partial charge in [0.1, 0.15) is 22.7 Å². The van der Waals surface area contributed by atoms with Crippen molar-refractivity contribution in [2.24, 2.45) is 0 Å². The number of hydrogen-bond acceptors (Lipinski definition) is 6. The first-order chi connectivity index (χ1) is 16.8. The summed E-state index contributed by atoms with van der Waals surface area (Å²) in [5.41, 5.74) is 3.73. The van der Waals surface area contributed by atoms with Crippen LogP contribution in [0.15, 0.2) is 76.2 Å². The van der Waals surface area contributed by atoms with Crippen LogP contribution in [0.3, 0.4) is 0 Å². The van der Waals surface area contributed by atoms with E-state index in [2.05, 4.69) is 10.3 Å². The van der Waals surface area contributed by atoms with Crippen LogP contribution in [0.1, 0.15) is 34.5 Å². The van der Waals surface area contributed by atoms with Crippen molar-refractivity contribution in [3.05, 3.63) is 93.9 Å². The number of methoxy groups -OCH3 is 1. The van der Waals surface area contributed by atoms with Gasteiger partial charge in [-0.2, -0.15) is 0 Å². The summed E-state index contributed by atoms with van der Waals surface area (Å²) in [7, 11) is 1.59. The Morgan fingerprint density at radius 3 is 2.71 bits per heavy atom. The molecule has 0 aliphatic rings. The van der Waals surface area contributed by atoms with Crippen LogP contribution in [0.5, 0.6) is 5.75 Å². The number of para-hydroxylation sites is 1. The quantitative estimate of drug-likeness (QED) is 0.348. The first kappa shape index (κ1) is 22.2. The van der Waals surface area contributed by atoms with E-state index in [4.69, 9.17) is 9.15 Å². The van der Waals surface area contributed by atoms with E-state index in [9.17, 15) is 14.7 Å². The second kappa shape index (κ2) is 8.64. The van der Waals surface area contributed by atoms with Gasteiger partial charge in [0.15, 0.2) is 11.2 Å². The van der Waals surface area contributed by atoms with Crippen LogP contribution in [0.25, 0.3) is 28.1 Å². The number of pyridine rings is 1. The minimum Gasteiger partial charge on any atom is -0.495 e. The highest BCUT2D eigenvalue weighted by Gasteiger charge is 2.19. The fourth-order valence-electron chi connectivity index (χ4n) is 4.20. The molecule has 3 heterocycles. The molecule has 8 heteroatoms. The molecule has 1 unspecified atom stereocenters. The molecule has 0 saturated carbocycles.